The zero-order chi connectivity index (χ0) is 19.8. The molecule has 1 atom stereocenters. The van der Waals surface area contributed by atoms with Gasteiger partial charge < -0.3 is 4.74 Å². The topological polar surface area (TPSA) is 55.2 Å². The first-order valence-electron chi connectivity index (χ1n) is 10.3. The van der Waals surface area contributed by atoms with Crippen LogP contribution >= 0.6 is 11.9 Å². The summed E-state index contributed by atoms with van der Waals surface area (Å²) < 4.78 is 11.3. The van der Waals surface area contributed by atoms with Crippen LogP contribution in [0.25, 0.3) is 11.0 Å². The standard InChI is InChI=1S/C22H27N5OS/c1-15-21-11-20(12-23-22(21)26(2)24-15)29-25-17-9-10-27(14-17)13-16-3-5-18(6-4-16)28-19-7-8-19/h3-6,11-12,17,19,25H,7-10,13-14H2,1-2H3. The molecule has 3 heterocycles. The Balaban J connectivity index is 1.12. The number of benzene rings is 1. The number of ether oxygens (including phenoxy) is 1. The maximum absolute atomic E-state index is 5.84. The highest BCUT2D eigenvalue weighted by Gasteiger charge is 2.24. The highest BCUT2D eigenvalue weighted by atomic mass is 32.2. The summed E-state index contributed by atoms with van der Waals surface area (Å²) in [5, 5.41) is 5.58. The molecular weight excluding hydrogens is 382 g/mol. The van der Waals surface area contributed by atoms with Gasteiger partial charge >= 0.3 is 0 Å². The smallest absolute Gasteiger partial charge is 0.157 e. The first-order chi connectivity index (χ1) is 14.1. The van der Waals surface area contributed by atoms with Crippen molar-refractivity contribution in [3.63, 3.8) is 0 Å². The van der Waals surface area contributed by atoms with E-state index in [-0.39, 0.29) is 0 Å². The number of rotatable bonds is 7. The Morgan fingerprint density at radius 1 is 1.21 bits per heavy atom. The molecule has 6 nitrogen and oxygen atoms in total. The number of aryl methyl sites for hydroxylation is 2. The Morgan fingerprint density at radius 3 is 2.83 bits per heavy atom. The van der Waals surface area contributed by atoms with Crippen LogP contribution in [0.1, 0.15) is 30.5 Å². The van der Waals surface area contributed by atoms with Gasteiger partial charge in [0.15, 0.2) is 5.65 Å². The quantitative estimate of drug-likeness (QED) is 0.601. The average molecular weight is 410 g/mol. The lowest BCUT2D eigenvalue weighted by Gasteiger charge is -2.17. The predicted molar refractivity (Wildman–Crippen MR) is 116 cm³/mol. The van der Waals surface area contributed by atoms with Gasteiger partial charge in [0, 0.05) is 49.2 Å². The largest absolute Gasteiger partial charge is 0.490 e. The first-order valence-corrected chi connectivity index (χ1v) is 11.2. The van der Waals surface area contributed by atoms with Crippen molar-refractivity contribution in [2.75, 3.05) is 13.1 Å². The molecule has 0 bridgehead atoms. The highest BCUT2D eigenvalue weighted by molar-refractivity contribution is 7.97. The lowest BCUT2D eigenvalue weighted by molar-refractivity contribution is 0.302. The van der Waals surface area contributed by atoms with E-state index in [0.717, 1.165) is 53.4 Å². The van der Waals surface area contributed by atoms with Crippen LogP contribution in [0.5, 0.6) is 5.75 Å². The van der Waals surface area contributed by atoms with Crippen LogP contribution in [0.4, 0.5) is 0 Å². The summed E-state index contributed by atoms with van der Waals surface area (Å²) >= 11 is 1.68. The van der Waals surface area contributed by atoms with Crippen molar-refractivity contribution >= 4 is 23.0 Å². The minimum Gasteiger partial charge on any atom is -0.490 e. The molecule has 2 fully saturated rings. The SMILES string of the molecule is Cc1nn(C)c2ncc(SNC3CCN(Cc4ccc(OC5CC5)cc4)C3)cc12. The summed E-state index contributed by atoms with van der Waals surface area (Å²) in [4.78, 5) is 8.22. The molecule has 1 saturated heterocycles. The predicted octanol–water partition coefficient (Wildman–Crippen LogP) is 3.69. The number of fused-ring (bicyclic) bond motifs is 1. The number of aromatic nitrogens is 3. The minimum absolute atomic E-state index is 0.460. The van der Waals surface area contributed by atoms with E-state index in [2.05, 4.69) is 50.0 Å². The second-order valence-electron chi connectivity index (χ2n) is 8.15. The molecule has 0 amide bonds. The number of pyridine rings is 1. The molecule has 152 valence electrons. The zero-order valence-corrected chi connectivity index (χ0v) is 17.8. The fourth-order valence-electron chi connectivity index (χ4n) is 3.88. The Morgan fingerprint density at radius 2 is 2.03 bits per heavy atom. The van der Waals surface area contributed by atoms with Crippen LogP contribution in [-0.2, 0) is 13.6 Å². The van der Waals surface area contributed by atoms with Crippen molar-refractivity contribution in [2.24, 2.45) is 7.05 Å². The average Bonchev–Trinajstić information content (AvgIpc) is 3.35. The van der Waals surface area contributed by atoms with Crippen molar-refractivity contribution in [3.8, 4) is 5.75 Å². The van der Waals surface area contributed by atoms with E-state index < -0.39 is 0 Å². The third-order valence-corrected chi connectivity index (χ3v) is 6.52. The Labute approximate surface area is 175 Å². The van der Waals surface area contributed by atoms with E-state index in [9.17, 15) is 0 Å². The normalized spacial score (nSPS) is 19.9. The van der Waals surface area contributed by atoms with Crippen LogP contribution in [0.3, 0.4) is 0 Å². The second-order valence-corrected chi connectivity index (χ2v) is 9.06. The summed E-state index contributed by atoms with van der Waals surface area (Å²) in [6, 6.07) is 11.3. The molecule has 1 saturated carbocycles. The third-order valence-electron chi connectivity index (χ3n) is 5.61. The number of nitrogens with one attached hydrogen (secondary N) is 1. The first kappa shape index (κ1) is 18.9. The fourth-order valence-corrected chi connectivity index (χ4v) is 4.66. The molecule has 1 aromatic carbocycles. The van der Waals surface area contributed by atoms with Crippen LogP contribution in [0, 0.1) is 6.92 Å². The molecule has 7 heteroatoms. The van der Waals surface area contributed by atoms with Crippen LogP contribution in [0.2, 0.25) is 0 Å². The van der Waals surface area contributed by atoms with Crippen molar-refractivity contribution in [3.05, 3.63) is 47.8 Å². The van der Waals surface area contributed by atoms with Gasteiger partial charge in [0.1, 0.15) is 5.75 Å². The number of hydrogen-bond donors (Lipinski definition) is 1. The molecule has 29 heavy (non-hydrogen) atoms. The van der Waals surface area contributed by atoms with Gasteiger partial charge in [0.25, 0.3) is 0 Å². The monoisotopic (exact) mass is 409 g/mol. The summed E-state index contributed by atoms with van der Waals surface area (Å²) in [7, 11) is 1.94. The molecule has 1 unspecified atom stereocenters. The van der Waals surface area contributed by atoms with Gasteiger partial charge in [-0.2, -0.15) is 5.10 Å². The maximum atomic E-state index is 5.84. The third kappa shape index (κ3) is 4.42. The van der Waals surface area contributed by atoms with E-state index >= 15 is 0 Å². The van der Waals surface area contributed by atoms with E-state index in [1.165, 1.54) is 18.4 Å². The minimum atomic E-state index is 0.460. The lowest BCUT2D eigenvalue weighted by Crippen LogP contribution is -2.28. The van der Waals surface area contributed by atoms with Crippen molar-refractivity contribution in [1.82, 2.24) is 24.4 Å². The van der Waals surface area contributed by atoms with Gasteiger partial charge in [-0.1, -0.05) is 12.1 Å². The molecule has 1 aliphatic heterocycles. The molecule has 3 aromatic rings. The van der Waals surface area contributed by atoms with Crippen molar-refractivity contribution in [1.29, 1.82) is 0 Å². The van der Waals surface area contributed by atoms with Gasteiger partial charge in [-0.15, -0.1) is 0 Å². The van der Waals surface area contributed by atoms with Crippen LogP contribution < -0.4 is 9.46 Å². The molecule has 2 aromatic heterocycles. The van der Waals surface area contributed by atoms with Crippen molar-refractivity contribution in [2.45, 2.75) is 49.8 Å². The molecular formula is C22H27N5OS. The summed E-state index contributed by atoms with van der Waals surface area (Å²) in [6.45, 7) is 5.22. The van der Waals surface area contributed by atoms with Gasteiger partial charge in [0.05, 0.1) is 11.8 Å². The second kappa shape index (κ2) is 7.97. The molecule has 1 aliphatic carbocycles. The number of likely N-dealkylation sites (tertiary alicyclic amines) is 1. The fraction of sp³-hybridized carbons (Fsp3) is 0.455. The van der Waals surface area contributed by atoms with E-state index in [1.807, 2.05) is 24.9 Å². The van der Waals surface area contributed by atoms with Gasteiger partial charge in [-0.25, -0.2) is 4.98 Å². The summed E-state index contributed by atoms with van der Waals surface area (Å²) in [5.41, 5.74) is 3.31. The zero-order valence-electron chi connectivity index (χ0n) is 17.0. The Bertz CT molecular complexity index is 998. The van der Waals surface area contributed by atoms with Crippen LogP contribution in [0.15, 0.2) is 41.4 Å². The summed E-state index contributed by atoms with van der Waals surface area (Å²) in [5.74, 6) is 1.00. The molecule has 5 rings (SSSR count). The maximum Gasteiger partial charge on any atom is 0.157 e. The van der Waals surface area contributed by atoms with Gasteiger partial charge in [0.2, 0.25) is 0 Å². The highest BCUT2D eigenvalue weighted by Crippen LogP contribution is 2.27. The van der Waals surface area contributed by atoms with Crippen molar-refractivity contribution < 1.29 is 4.74 Å². The van der Waals surface area contributed by atoms with Gasteiger partial charge in [-0.05, 0) is 61.9 Å². The number of hydrogen-bond acceptors (Lipinski definition) is 6. The van der Waals surface area contributed by atoms with E-state index in [4.69, 9.17) is 4.74 Å². The molecule has 2 aliphatic rings. The number of nitrogens with zero attached hydrogens (tertiary/aromatic N) is 4. The Hall–Kier alpha value is -2.09. The molecule has 0 radical (unpaired) electrons. The Kier molecular flexibility index (Phi) is 5.20. The summed E-state index contributed by atoms with van der Waals surface area (Å²) in [6.07, 6.45) is 5.96. The molecule has 1 N–H and O–H groups in total. The van der Waals surface area contributed by atoms with Gasteiger partial charge in [-0.3, -0.25) is 14.3 Å². The molecule has 0 spiro atoms. The van der Waals surface area contributed by atoms with Crippen LogP contribution in [-0.4, -0.2) is 44.9 Å². The van der Waals surface area contributed by atoms with E-state index in [0.29, 0.717) is 12.1 Å². The van der Waals surface area contributed by atoms with E-state index in [1.54, 1.807) is 11.9 Å². The lowest BCUT2D eigenvalue weighted by atomic mass is 10.2.